The summed E-state index contributed by atoms with van der Waals surface area (Å²) in [4.78, 5) is 20.3. The summed E-state index contributed by atoms with van der Waals surface area (Å²) >= 11 is 0. The van der Waals surface area contributed by atoms with E-state index in [0.717, 1.165) is 0 Å². The fourth-order valence-corrected chi connectivity index (χ4v) is 0.457. The van der Waals surface area contributed by atoms with Crippen molar-refractivity contribution in [2.45, 2.75) is 13.3 Å². The lowest BCUT2D eigenvalue weighted by Crippen LogP contribution is -2.10. The standard InChI is InChI=1S/C6H10N2O3/c1-5(8-7-4-9)3-6(10)11-2/h4H,3H2,1-2H3,(H,7,9). The van der Waals surface area contributed by atoms with Gasteiger partial charge in [0, 0.05) is 5.71 Å². The highest BCUT2D eigenvalue weighted by Gasteiger charge is 2.01. The topological polar surface area (TPSA) is 67.8 Å². The summed E-state index contributed by atoms with van der Waals surface area (Å²) in [5.41, 5.74) is 2.58. The maximum Gasteiger partial charge on any atom is 0.311 e. The van der Waals surface area contributed by atoms with Crippen molar-refractivity contribution in [3.63, 3.8) is 0 Å². The van der Waals surface area contributed by atoms with Crippen molar-refractivity contribution in [3.05, 3.63) is 0 Å². The molecule has 0 aromatic carbocycles. The summed E-state index contributed by atoms with van der Waals surface area (Å²) in [5, 5.41) is 3.53. The van der Waals surface area contributed by atoms with Crippen molar-refractivity contribution in [3.8, 4) is 0 Å². The molecule has 0 aromatic heterocycles. The molecule has 0 aromatic rings. The van der Waals surface area contributed by atoms with Crippen molar-refractivity contribution in [2.75, 3.05) is 7.11 Å². The molecule has 0 atom stereocenters. The van der Waals surface area contributed by atoms with E-state index in [1.165, 1.54) is 7.11 Å². The van der Waals surface area contributed by atoms with Gasteiger partial charge >= 0.3 is 5.97 Å². The molecule has 0 aliphatic rings. The minimum atomic E-state index is -0.376. The minimum absolute atomic E-state index is 0.0946. The van der Waals surface area contributed by atoms with Gasteiger partial charge in [-0.15, -0.1) is 0 Å². The molecule has 5 heteroatoms. The van der Waals surface area contributed by atoms with E-state index < -0.39 is 0 Å². The van der Waals surface area contributed by atoms with Crippen LogP contribution in [0.15, 0.2) is 5.10 Å². The molecule has 0 saturated heterocycles. The van der Waals surface area contributed by atoms with E-state index in [2.05, 4.69) is 15.3 Å². The SMILES string of the molecule is COC(=O)CC(C)=NNC=O. The van der Waals surface area contributed by atoms with Crippen molar-refractivity contribution in [2.24, 2.45) is 5.10 Å². The molecule has 0 aliphatic carbocycles. The highest BCUT2D eigenvalue weighted by molar-refractivity contribution is 5.97. The Hall–Kier alpha value is -1.39. The van der Waals surface area contributed by atoms with Crippen molar-refractivity contribution >= 4 is 18.1 Å². The lowest BCUT2D eigenvalue weighted by atomic mass is 10.3. The van der Waals surface area contributed by atoms with E-state index in [9.17, 15) is 9.59 Å². The molecular weight excluding hydrogens is 148 g/mol. The molecule has 0 aliphatic heterocycles. The van der Waals surface area contributed by atoms with E-state index in [-0.39, 0.29) is 12.4 Å². The van der Waals surface area contributed by atoms with Crippen LogP contribution < -0.4 is 5.43 Å². The number of nitrogens with zero attached hydrogens (tertiary/aromatic N) is 1. The van der Waals surface area contributed by atoms with Gasteiger partial charge in [0.2, 0.25) is 6.41 Å². The van der Waals surface area contributed by atoms with Gasteiger partial charge in [0.15, 0.2) is 0 Å². The third-order valence-corrected chi connectivity index (χ3v) is 0.936. The third-order valence-electron chi connectivity index (χ3n) is 0.936. The first-order valence-corrected chi connectivity index (χ1v) is 3.00. The zero-order chi connectivity index (χ0) is 8.69. The van der Waals surface area contributed by atoms with E-state index in [1.807, 2.05) is 0 Å². The van der Waals surface area contributed by atoms with E-state index in [4.69, 9.17) is 0 Å². The molecule has 5 nitrogen and oxygen atoms in total. The molecule has 0 spiro atoms. The van der Waals surface area contributed by atoms with Crippen molar-refractivity contribution in [1.82, 2.24) is 5.43 Å². The number of carbonyl (C=O) groups excluding carboxylic acids is 2. The van der Waals surface area contributed by atoms with Crippen LogP contribution in [0.4, 0.5) is 0 Å². The first kappa shape index (κ1) is 9.61. The van der Waals surface area contributed by atoms with Crippen LogP contribution in [0.2, 0.25) is 0 Å². The zero-order valence-corrected chi connectivity index (χ0v) is 6.46. The molecule has 0 bridgehead atoms. The Morgan fingerprint density at radius 2 is 2.36 bits per heavy atom. The largest absolute Gasteiger partial charge is 0.469 e. The molecule has 0 saturated carbocycles. The summed E-state index contributed by atoms with van der Waals surface area (Å²) in [7, 11) is 1.29. The Morgan fingerprint density at radius 1 is 1.73 bits per heavy atom. The smallest absolute Gasteiger partial charge is 0.311 e. The highest BCUT2D eigenvalue weighted by Crippen LogP contribution is 1.87. The summed E-state index contributed by atoms with van der Waals surface area (Å²) in [6.07, 6.45) is 0.526. The van der Waals surface area contributed by atoms with Crippen LogP contribution >= 0.6 is 0 Å². The second-order valence-corrected chi connectivity index (χ2v) is 1.85. The fraction of sp³-hybridized carbons (Fsp3) is 0.500. The van der Waals surface area contributed by atoms with Crippen molar-refractivity contribution < 1.29 is 14.3 Å². The summed E-state index contributed by atoms with van der Waals surface area (Å²) < 4.78 is 4.36. The van der Waals surface area contributed by atoms with Gasteiger partial charge < -0.3 is 4.74 Å². The molecular formula is C6H10N2O3. The van der Waals surface area contributed by atoms with Gasteiger partial charge in [-0.3, -0.25) is 9.59 Å². The second-order valence-electron chi connectivity index (χ2n) is 1.85. The lowest BCUT2D eigenvalue weighted by molar-refractivity contribution is -0.139. The van der Waals surface area contributed by atoms with Gasteiger partial charge in [0.05, 0.1) is 13.5 Å². The Labute approximate surface area is 64.4 Å². The molecule has 11 heavy (non-hydrogen) atoms. The number of ether oxygens (including phenoxy) is 1. The summed E-state index contributed by atoms with van der Waals surface area (Å²) in [6, 6.07) is 0. The minimum Gasteiger partial charge on any atom is -0.469 e. The van der Waals surface area contributed by atoms with Crippen LogP contribution in [0.3, 0.4) is 0 Å². The third kappa shape index (κ3) is 5.07. The first-order valence-electron chi connectivity index (χ1n) is 3.00. The zero-order valence-electron chi connectivity index (χ0n) is 6.46. The normalized spacial score (nSPS) is 10.5. The van der Waals surface area contributed by atoms with E-state index in [1.54, 1.807) is 6.92 Å². The van der Waals surface area contributed by atoms with Crippen LogP contribution in [0.1, 0.15) is 13.3 Å². The average Bonchev–Trinajstić information content (AvgIpc) is 2.00. The molecule has 0 fully saturated rings. The Bertz CT molecular complexity index is 177. The number of nitrogens with one attached hydrogen (secondary N) is 1. The Morgan fingerprint density at radius 3 is 2.82 bits per heavy atom. The van der Waals surface area contributed by atoms with Crippen LogP contribution in [0.5, 0.6) is 0 Å². The Balaban J connectivity index is 3.75. The van der Waals surface area contributed by atoms with Gasteiger partial charge in [-0.2, -0.15) is 5.10 Å². The van der Waals surface area contributed by atoms with Gasteiger partial charge in [-0.25, -0.2) is 5.43 Å². The predicted molar refractivity (Wildman–Crippen MR) is 38.9 cm³/mol. The number of amides is 1. The maximum absolute atomic E-state index is 10.6. The molecule has 1 N–H and O–H groups in total. The van der Waals surface area contributed by atoms with Crippen molar-refractivity contribution in [1.29, 1.82) is 0 Å². The van der Waals surface area contributed by atoms with Gasteiger partial charge in [0.25, 0.3) is 0 Å². The quantitative estimate of drug-likeness (QED) is 0.263. The monoisotopic (exact) mass is 158 g/mol. The van der Waals surface area contributed by atoms with Gasteiger partial charge in [-0.1, -0.05) is 0 Å². The highest BCUT2D eigenvalue weighted by atomic mass is 16.5. The predicted octanol–water partition coefficient (Wildman–Crippen LogP) is -0.329. The van der Waals surface area contributed by atoms with Gasteiger partial charge in [0.1, 0.15) is 0 Å². The van der Waals surface area contributed by atoms with Gasteiger partial charge in [-0.05, 0) is 6.92 Å². The number of hydrazone groups is 1. The molecule has 0 radical (unpaired) electrons. The average molecular weight is 158 g/mol. The maximum atomic E-state index is 10.6. The number of hydrogen-bond acceptors (Lipinski definition) is 4. The first-order chi connectivity index (χ1) is 5.20. The van der Waals surface area contributed by atoms with E-state index >= 15 is 0 Å². The molecule has 0 unspecified atom stereocenters. The number of hydrogen-bond donors (Lipinski definition) is 1. The molecule has 0 rings (SSSR count). The lowest BCUT2D eigenvalue weighted by Gasteiger charge is -1.96. The van der Waals surface area contributed by atoms with Crippen LogP contribution in [-0.2, 0) is 14.3 Å². The fourth-order valence-electron chi connectivity index (χ4n) is 0.457. The summed E-state index contributed by atoms with van der Waals surface area (Å²) in [5.74, 6) is -0.376. The number of methoxy groups -OCH3 is 1. The van der Waals surface area contributed by atoms with Crippen LogP contribution in [0.25, 0.3) is 0 Å². The second kappa shape index (κ2) is 5.40. The van der Waals surface area contributed by atoms with Crippen LogP contribution in [0, 0.1) is 0 Å². The van der Waals surface area contributed by atoms with Crippen LogP contribution in [-0.4, -0.2) is 25.2 Å². The number of rotatable bonds is 4. The number of esters is 1. The van der Waals surface area contributed by atoms with E-state index in [0.29, 0.717) is 12.1 Å². The Kier molecular flexibility index (Phi) is 4.72. The molecule has 1 amide bonds. The molecule has 0 heterocycles. The molecule has 62 valence electrons. The summed E-state index contributed by atoms with van der Waals surface area (Å²) in [6.45, 7) is 1.62. The number of carbonyl (C=O) groups is 2.